The summed E-state index contributed by atoms with van der Waals surface area (Å²) in [6.07, 6.45) is -1.44. The van der Waals surface area contributed by atoms with Crippen molar-refractivity contribution in [3.8, 4) is 0 Å². The standard InChI is InChI=1S/C16H15BrClNO3/c17-13-6-12(7-14(18)8-13)15(20)9-19-16(21)22-10-11-4-2-1-3-5-11/h1-8,15,20H,9-10H2,(H,19,21)/t15-/m0/s1. The first-order chi connectivity index (χ1) is 10.5. The van der Waals surface area contributed by atoms with E-state index >= 15 is 0 Å². The highest BCUT2D eigenvalue weighted by molar-refractivity contribution is 9.10. The van der Waals surface area contributed by atoms with E-state index in [0.717, 1.165) is 10.0 Å². The maximum atomic E-state index is 11.6. The van der Waals surface area contributed by atoms with Crippen molar-refractivity contribution < 1.29 is 14.6 Å². The third-order valence-corrected chi connectivity index (χ3v) is 3.60. The highest BCUT2D eigenvalue weighted by Gasteiger charge is 2.11. The van der Waals surface area contributed by atoms with Crippen molar-refractivity contribution in [3.63, 3.8) is 0 Å². The van der Waals surface area contributed by atoms with Gasteiger partial charge in [0, 0.05) is 9.50 Å². The highest BCUT2D eigenvalue weighted by atomic mass is 79.9. The van der Waals surface area contributed by atoms with Crippen LogP contribution in [-0.4, -0.2) is 17.7 Å². The van der Waals surface area contributed by atoms with Gasteiger partial charge in [0.2, 0.25) is 0 Å². The van der Waals surface area contributed by atoms with Crippen LogP contribution >= 0.6 is 27.5 Å². The minimum absolute atomic E-state index is 0.0421. The van der Waals surface area contributed by atoms with Crippen molar-refractivity contribution >= 4 is 33.6 Å². The largest absolute Gasteiger partial charge is 0.445 e. The van der Waals surface area contributed by atoms with Gasteiger partial charge in [0.05, 0.1) is 12.6 Å². The lowest BCUT2D eigenvalue weighted by molar-refractivity contribution is 0.126. The average Bonchev–Trinajstić information content (AvgIpc) is 2.50. The van der Waals surface area contributed by atoms with Gasteiger partial charge in [-0.3, -0.25) is 0 Å². The number of hydrogen-bond donors (Lipinski definition) is 2. The molecule has 1 atom stereocenters. The minimum atomic E-state index is -0.862. The summed E-state index contributed by atoms with van der Waals surface area (Å²) in [5.41, 5.74) is 1.51. The molecule has 2 N–H and O–H groups in total. The molecule has 0 heterocycles. The van der Waals surface area contributed by atoms with Crippen LogP contribution in [0, 0.1) is 0 Å². The van der Waals surface area contributed by atoms with E-state index in [2.05, 4.69) is 21.2 Å². The van der Waals surface area contributed by atoms with Crippen molar-refractivity contribution in [2.75, 3.05) is 6.54 Å². The van der Waals surface area contributed by atoms with Crippen LogP contribution in [0.3, 0.4) is 0 Å². The molecule has 0 radical (unpaired) electrons. The van der Waals surface area contributed by atoms with E-state index in [1.807, 2.05) is 30.3 Å². The number of ether oxygens (including phenoxy) is 1. The molecule has 4 nitrogen and oxygen atoms in total. The zero-order chi connectivity index (χ0) is 15.9. The van der Waals surface area contributed by atoms with Crippen molar-refractivity contribution in [3.05, 3.63) is 69.2 Å². The first kappa shape index (κ1) is 16.8. The van der Waals surface area contributed by atoms with Crippen LogP contribution in [-0.2, 0) is 11.3 Å². The number of halogens is 2. The molecule has 1 amide bonds. The van der Waals surface area contributed by atoms with Gasteiger partial charge in [-0.1, -0.05) is 57.9 Å². The predicted molar refractivity (Wildman–Crippen MR) is 88.7 cm³/mol. The van der Waals surface area contributed by atoms with Crippen LogP contribution in [0.5, 0.6) is 0 Å². The van der Waals surface area contributed by atoms with Crippen LogP contribution in [0.4, 0.5) is 4.79 Å². The fraction of sp³-hybridized carbons (Fsp3) is 0.188. The fourth-order valence-corrected chi connectivity index (χ4v) is 2.73. The Morgan fingerprint density at radius 3 is 2.68 bits per heavy atom. The summed E-state index contributed by atoms with van der Waals surface area (Å²) in [4.78, 5) is 11.6. The molecule has 116 valence electrons. The summed E-state index contributed by atoms with van der Waals surface area (Å²) in [5, 5.41) is 13.1. The molecule has 2 aromatic carbocycles. The Hall–Kier alpha value is -1.56. The number of carbonyl (C=O) groups is 1. The number of aliphatic hydroxyl groups excluding tert-OH is 1. The van der Waals surface area contributed by atoms with Crippen molar-refractivity contribution in [2.24, 2.45) is 0 Å². The van der Waals surface area contributed by atoms with E-state index in [9.17, 15) is 9.90 Å². The number of benzene rings is 2. The molecule has 0 aliphatic heterocycles. The van der Waals surface area contributed by atoms with Gasteiger partial charge in [-0.15, -0.1) is 0 Å². The summed E-state index contributed by atoms with van der Waals surface area (Å²) in [7, 11) is 0. The molecule has 6 heteroatoms. The fourth-order valence-electron chi connectivity index (χ4n) is 1.84. The molecular weight excluding hydrogens is 370 g/mol. The minimum Gasteiger partial charge on any atom is -0.445 e. The van der Waals surface area contributed by atoms with E-state index in [-0.39, 0.29) is 13.2 Å². The lowest BCUT2D eigenvalue weighted by Gasteiger charge is -2.13. The Kier molecular flexibility index (Phi) is 6.24. The molecule has 2 aromatic rings. The number of rotatable bonds is 5. The van der Waals surface area contributed by atoms with Gasteiger partial charge in [0.1, 0.15) is 6.61 Å². The highest BCUT2D eigenvalue weighted by Crippen LogP contribution is 2.23. The number of aliphatic hydroxyl groups is 1. The lowest BCUT2D eigenvalue weighted by Crippen LogP contribution is -2.28. The van der Waals surface area contributed by atoms with E-state index in [1.165, 1.54) is 0 Å². The second-order valence-electron chi connectivity index (χ2n) is 4.66. The Balaban J connectivity index is 1.80. The third kappa shape index (κ3) is 5.33. The third-order valence-electron chi connectivity index (χ3n) is 2.92. The Morgan fingerprint density at radius 2 is 2.00 bits per heavy atom. The second-order valence-corrected chi connectivity index (χ2v) is 6.01. The summed E-state index contributed by atoms with van der Waals surface area (Å²) in [6, 6.07) is 14.5. The van der Waals surface area contributed by atoms with Gasteiger partial charge in [-0.05, 0) is 29.3 Å². The number of carbonyl (C=O) groups excluding carboxylic acids is 1. The Morgan fingerprint density at radius 1 is 1.27 bits per heavy atom. The van der Waals surface area contributed by atoms with Crippen molar-refractivity contribution in [1.29, 1.82) is 0 Å². The van der Waals surface area contributed by atoms with Gasteiger partial charge in [0.15, 0.2) is 0 Å². The van der Waals surface area contributed by atoms with Gasteiger partial charge >= 0.3 is 6.09 Å². The van der Waals surface area contributed by atoms with E-state index in [4.69, 9.17) is 16.3 Å². The summed E-state index contributed by atoms with van der Waals surface area (Å²) in [5.74, 6) is 0. The summed E-state index contributed by atoms with van der Waals surface area (Å²) in [6.45, 7) is 0.228. The first-order valence-corrected chi connectivity index (χ1v) is 7.80. The topological polar surface area (TPSA) is 58.6 Å². The smallest absolute Gasteiger partial charge is 0.407 e. The number of alkyl carbamates (subject to hydrolysis) is 1. The monoisotopic (exact) mass is 383 g/mol. The first-order valence-electron chi connectivity index (χ1n) is 6.63. The Bertz CT molecular complexity index is 616. The molecule has 0 saturated heterocycles. The normalized spacial score (nSPS) is 11.8. The molecule has 0 aromatic heterocycles. The lowest BCUT2D eigenvalue weighted by atomic mass is 10.1. The quantitative estimate of drug-likeness (QED) is 0.817. The molecule has 0 aliphatic rings. The number of amides is 1. The zero-order valence-corrected chi connectivity index (χ0v) is 14.0. The summed E-state index contributed by atoms with van der Waals surface area (Å²) >= 11 is 9.23. The molecule has 22 heavy (non-hydrogen) atoms. The van der Waals surface area contributed by atoms with Crippen LogP contribution in [0.25, 0.3) is 0 Å². The molecule has 0 unspecified atom stereocenters. The van der Waals surface area contributed by atoms with Gasteiger partial charge in [0.25, 0.3) is 0 Å². The summed E-state index contributed by atoms with van der Waals surface area (Å²) < 4.78 is 5.83. The molecule has 0 saturated carbocycles. The van der Waals surface area contributed by atoms with E-state index in [1.54, 1.807) is 18.2 Å². The van der Waals surface area contributed by atoms with Gasteiger partial charge in [-0.2, -0.15) is 0 Å². The second kappa shape index (κ2) is 8.17. The maximum Gasteiger partial charge on any atom is 0.407 e. The molecule has 0 fully saturated rings. The van der Waals surface area contributed by atoms with Crippen LogP contribution < -0.4 is 5.32 Å². The van der Waals surface area contributed by atoms with E-state index < -0.39 is 12.2 Å². The number of hydrogen-bond acceptors (Lipinski definition) is 3. The van der Waals surface area contributed by atoms with E-state index in [0.29, 0.717) is 10.6 Å². The van der Waals surface area contributed by atoms with Gasteiger partial charge < -0.3 is 15.2 Å². The Labute approximate surface area is 142 Å². The zero-order valence-electron chi connectivity index (χ0n) is 11.6. The van der Waals surface area contributed by atoms with Crippen molar-refractivity contribution in [2.45, 2.75) is 12.7 Å². The molecule has 0 bridgehead atoms. The molecule has 0 aliphatic carbocycles. The molecular formula is C16H15BrClNO3. The molecule has 0 spiro atoms. The SMILES string of the molecule is O=C(NC[C@H](O)c1cc(Cl)cc(Br)c1)OCc1ccccc1. The van der Waals surface area contributed by atoms with Crippen molar-refractivity contribution in [1.82, 2.24) is 5.32 Å². The maximum absolute atomic E-state index is 11.6. The average molecular weight is 385 g/mol. The van der Waals surface area contributed by atoms with Crippen LogP contribution in [0.1, 0.15) is 17.2 Å². The number of nitrogens with one attached hydrogen (secondary N) is 1. The van der Waals surface area contributed by atoms with Crippen LogP contribution in [0.15, 0.2) is 53.0 Å². The van der Waals surface area contributed by atoms with Crippen LogP contribution in [0.2, 0.25) is 5.02 Å². The molecule has 2 rings (SSSR count). The van der Waals surface area contributed by atoms with Gasteiger partial charge in [-0.25, -0.2) is 4.79 Å². The predicted octanol–water partition coefficient (Wildman–Crippen LogP) is 4.06.